The molecule has 1 rings (SSSR count). The maximum Gasteiger partial charge on any atom is 0.129 e. The van der Waals surface area contributed by atoms with Gasteiger partial charge in [-0.25, -0.2) is 9.97 Å². The zero-order chi connectivity index (χ0) is 8.81. The normalized spacial score (nSPS) is 9.17. The average Bonchev–Trinajstić information content (AvgIpc) is 2.05. The van der Waals surface area contributed by atoms with Crippen LogP contribution in [0.15, 0.2) is 30.2 Å². The SMILES string of the molecule is CC(C)=CCNc1ccncn1. The number of hydrogen-bond acceptors (Lipinski definition) is 3. The highest BCUT2D eigenvalue weighted by molar-refractivity contribution is 5.32. The van der Waals surface area contributed by atoms with Crippen molar-refractivity contribution in [2.75, 3.05) is 11.9 Å². The Morgan fingerprint density at radius 2 is 2.42 bits per heavy atom. The molecule has 0 bridgehead atoms. The van der Waals surface area contributed by atoms with E-state index in [0.717, 1.165) is 12.4 Å². The van der Waals surface area contributed by atoms with Gasteiger partial charge in [0.2, 0.25) is 0 Å². The Morgan fingerprint density at radius 1 is 1.58 bits per heavy atom. The van der Waals surface area contributed by atoms with Crippen molar-refractivity contribution in [1.29, 1.82) is 0 Å². The summed E-state index contributed by atoms with van der Waals surface area (Å²) >= 11 is 0. The van der Waals surface area contributed by atoms with Gasteiger partial charge in [-0.2, -0.15) is 0 Å². The first kappa shape index (κ1) is 8.71. The molecule has 1 aromatic rings. The van der Waals surface area contributed by atoms with E-state index >= 15 is 0 Å². The van der Waals surface area contributed by atoms with Crippen LogP contribution < -0.4 is 5.32 Å². The molecule has 12 heavy (non-hydrogen) atoms. The third-order valence-electron chi connectivity index (χ3n) is 1.38. The van der Waals surface area contributed by atoms with E-state index in [9.17, 15) is 0 Å². The summed E-state index contributed by atoms with van der Waals surface area (Å²) in [5, 5.41) is 3.15. The molecule has 0 saturated carbocycles. The van der Waals surface area contributed by atoms with E-state index in [1.54, 1.807) is 6.20 Å². The van der Waals surface area contributed by atoms with E-state index in [0.29, 0.717) is 0 Å². The minimum atomic E-state index is 0.819. The van der Waals surface area contributed by atoms with Crippen molar-refractivity contribution >= 4 is 5.82 Å². The lowest BCUT2D eigenvalue weighted by Crippen LogP contribution is -2.00. The fraction of sp³-hybridized carbons (Fsp3) is 0.333. The highest BCUT2D eigenvalue weighted by Gasteiger charge is 1.87. The number of anilines is 1. The molecule has 0 radical (unpaired) electrons. The molecule has 64 valence electrons. The van der Waals surface area contributed by atoms with Gasteiger partial charge in [0.25, 0.3) is 0 Å². The molecule has 0 unspecified atom stereocenters. The van der Waals surface area contributed by atoms with Gasteiger partial charge in [-0.15, -0.1) is 0 Å². The summed E-state index contributed by atoms with van der Waals surface area (Å²) in [4.78, 5) is 7.85. The molecule has 0 aliphatic rings. The molecule has 0 aromatic carbocycles. The minimum absolute atomic E-state index is 0.819. The zero-order valence-electron chi connectivity index (χ0n) is 7.41. The van der Waals surface area contributed by atoms with E-state index in [-0.39, 0.29) is 0 Å². The number of rotatable bonds is 3. The van der Waals surface area contributed by atoms with Crippen LogP contribution >= 0.6 is 0 Å². The van der Waals surface area contributed by atoms with E-state index in [2.05, 4.69) is 35.2 Å². The van der Waals surface area contributed by atoms with Gasteiger partial charge >= 0.3 is 0 Å². The minimum Gasteiger partial charge on any atom is -0.366 e. The highest BCUT2D eigenvalue weighted by Crippen LogP contribution is 1.97. The van der Waals surface area contributed by atoms with E-state index in [1.165, 1.54) is 11.9 Å². The first-order chi connectivity index (χ1) is 5.79. The van der Waals surface area contributed by atoms with Crippen molar-refractivity contribution in [3.05, 3.63) is 30.2 Å². The summed E-state index contributed by atoms with van der Waals surface area (Å²) in [5.74, 6) is 0.863. The molecule has 3 heteroatoms. The van der Waals surface area contributed by atoms with Crippen LogP contribution in [0.3, 0.4) is 0 Å². The van der Waals surface area contributed by atoms with Crippen molar-refractivity contribution in [2.45, 2.75) is 13.8 Å². The Hall–Kier alpha value is -1.38. The summed E-state index contributed by atoms with van der Waals surface area (Å²) < 4.78 is 0. The second-order valence-electron chi connectivity index (χ2n) is 2.76. The van der Waals surface area contributed by atoms with Gasteiger partial charge in [-0.05, 0) is 19.9 Å². The van der Waals surface area contributed by atoms with Gasteiger partial charge < -0.3 is 5.32 Å². The molecule has 0 saturated heterocycles. The van der Waals surface area contributed by atoms with Gasteiger partial charge in [0.05, 0.1) is 0 Å². The summed E-state index contributed by atoms with van der Waals surface area (Å²) in [7, 11) is 0. The number of aromatic nitrogens is 2. The molecule has 0 aliphatic heterocycles. The first-order valence-electron chi connectivity index (χ1n) is 3.92. The summed E-state index contributed by atoms with van der Waals surface area (Å²) in [6.07, 6.45) is 5.37. The van der Waals surface area contributed by atoms with Crippen molar-refractivity contribution in [3.8, 4) is 0 Å². The van der Waals surface area contributed by atoms with E-state index in [4.69, 9.17) is 0 Å². The molecule has 3 nitrogen and oxygen atoms in total. The van der Waals surface area contributed by atoms with Gasteiger partial charge in [0.15, 0.2) is 0 Å². The second-order valence-corrected chi connectivity index (χ2v) is 2.76. The Labute approximate surface area is 72.6 Å². The fourth-order valence-electron chi connectivity index (χ4n) is 0.755. The van der Waals surface area contributed by atoms with Crippen LogP contribution in [0, 0.1) is 0 Å². The molecular weight excluding hydrogens is 150 g/mol. The molecule has 0 atom stereocenters. The second kappa shape index (κ2) is 4.49. The molecule has 1 heterocycles. The third kappa shape index (κ3) is 3.14. The maximum atomic E-state index is 4.02. The number of nitrogens with one attached hydrogen (secondary N) is 1. The Morgan fingerprint density at radius 3 is 3.00 bits per heavy atom. The van der Waals surface area contributed by atoms with Crippen LogP contribution in [0.4, 0.5) is 5.82 Å². The molecule has 0 aliphatic carbocycles. The lowest BCUT2D eigenvalue weighted by Gasteiger charge is -2.00. The fourth-order valence-corrected chi connectivity index (χ4v) is 0.755. The predicted octanol–water partition coefficient (Wildman–Crippen LogP) is 1.85. The Kier molecular flexibility index (Phi) is 3.26. The molecule has 0 amide bonds. The smallest absolute Gasteiger partial charge is 0.129 e. The van der Waals surface area contributed by atoms with Crippen LogP contribution in [0.25, 0.3) is 0 Å². The van der Waals surface area contributed by atoms with Gasteiger partial charge in [-0.1, -0.05) is 11.6 Å². The van der Waals surface area contributed by atoms with Crippen LogP contribution in [0.1, 0.15) is 13.8 Å². The Balaban J connectivity index is 2.39. The van der Waals surface area contributed by atoms with E-state index < -0.39 is 0 Å². The van der Waals surface area contributed by atoms with Crippen molar-refractivity contribution in [3.63, 3.8) is 0 Å². The van der Waals surface area contributed by atoms with Crippen LogP contribution in [0.2, 0.25) is 0 Å². The first-order valence-corrected chi connectivity index (χ1v) is 3.92. The number of nitrogens with zero attached hydrogens (tertiary/aromatic N) is 2. The molecular formula is C9H13N3. The maximum absolute atomic E-state index is 4.02. The lowest BCUT2D eigenvalue weighted by molar-refractivity contribution is 1.13. The zero-order valence-corrected chi connectivity index (χ0v) is 7.41. The lowest BCUT2D eigenvalue weighted by atomic mass is 10.3. The van der Waals surface area contributed by atoms with Crippen molar-refractivity contribution in [1.82, 2.24) is 9.97 Å². The van der Waals surface area contributed by atoms with Gasteiger partial charge in [0, 0.05) is 12.7 Å². The van der Waals surface area contributed by atoms with Crippen molar-refractivity contribution < 1.29 is 0 Å². The quantitative estimate of drug-likeness (QED) is 0.691. The molecule has 1 aromatic heterocycles. The molecule has 0 spiro atoms. The average molecular weight is 163 g/mol. The van der Waals surface area contributed by atoms with Crippen LogP contribution in [0.5, 0.6) is 0 Å². The van der Waals surface area contributed by atoms with Crippen LogP contribution in [-0.2, 0) is 0 Å². The highest BCUT2D eigenvalue weighted by atomic mass is 15.0. The summed E-state index contributed by atoms with van der Waals surface area (Å²) in [6.45, 7) is 4.96. The summed E-state index contributed by atoms with van der Waals surface area (Å²) in [5.41, 5.74) is 1.30. The molecule has 1 N–H and O–H groups in total. The largest absolute Gasteiger partial charge is 0.366 e. The predicted molar refractivity (Wildman–Crippen MR) is 50.0 cm³/mol. The van der Waals surface area contributed by atoms with Crippen molar-refractivity contribution in [2.24, 2.45) is 0 Å². The van der Waals surface area contributed by atoms with Gasteiger partial charge in [-0.3, -0.25) is 0 Å². The topological polar surface area (TPSA) is 37.8 Å². The Bertz CT molecular complexity index is 250. The van der Waals surface area contributed by atoms with E-state index in [1.807, 2.05) is 6.07 Å². The monoisotopic (exact) mass is 163 g/mol. The van der Waals surface area contributed by atoms with Crippen LogP contribution in [-0.4, -0.2) is 16.5 Å². The summed E-state index contributed by atoms with van der Waals surface area (Å²) in [6, 6.07) is 1.85. The van der Waals surface area contributed by atoms with Gasteiger partial charge in [0.1, 0.15) is 12.1 Å². The standard InChI is InChI=1S/C9H13N3/c1-8(2)3-6-11-9-4-5-10-7-12-9/h3-5,7H,6H2,1-2H3,(H,10,11,12). The number of hydrogen-bond donors (Lipinski definition) is 1. The number of allylic oxidation sites excluding steroid dienone is 1. The third-order valence-corrected chi connectivity index (χ3v) is 1.38. The molecule has 0 fully saturated rings.